The summed E-state index contributed by atoms with van der Waals surface area (Å²) in [4.78, 5) is 13.1. The number of aryl methyl sites for hydroxylation is 1. The van der Waals surface area contributed by atoms with Gasteiger partial charge < -0.3 is 4.98 Å². The van der Waals surface area contributed by atoms with Crippen LogP contribution in [0.25, 0.3) is 43.5 Å². The zero-order valence-electron chi connectivity index (χ0n) is 17.8. The molecule has 0 atom stereocenters. The maximum absolute atomic E-state index is 4.42. The molecule has 0 aliphatic rings. The molecule has 1 radical (unpaired) electrons. The quantitative estimate of drug-likeness (QED) is 0.193. The fourth-order valence-corrected chi connectivity index (χ4v) is 4.34. The standard InChI is InChI=1S/C16H9N2S.C12H10N.Ir/c1-2-4-12-9-13(6-5-11(12)3-1)15-16-14(7-8-19-16)17-10-18-15;1-10-6-5-9-12(13-10)11-7-3-2-4-8-11;/h1-5,7-10H;2-7,9H,1H3;/q2*-1;. The molecule has 3 heterocycles. The second-order valence-electron chi connectivity index (χ2n) is 7.27. The molecule has 33 heavy (non-hydrogen) atoms. The molecule has 163 valence electrons. The number of pyridine rings is 1. The van der Waals surface area contributed by atoms with Crippen molar-refractivity contribution in [2.75, 3.05) is 0 Å². The van der Waals surface area contributed by atoms with Crippen LogP contribution in [-0.2, 0) is 20.1 Å². The van der Waals surface area contributed by atoms with Crippen LogP contribution in [0.15, 0.2) is 96.6 Å². The molecule has 3 aromatic carbocycles. The molecule has 0 aliphatic heterocycles. The van der Waals surface area contributed by atoms with Crippen LogP contribution in [0, 0.1) is 19.1 Å². The fourth-order valence-electron chi connectivity index (χ4n) is 3.49. The molecule has 0 N–H and O–H groups in total. The Balaban J connectivity index is 0.000000164. The van der Waals surface area contributed by atoms with Gasteiger partial charge in [-0.3, -0.25) is 4.98 Å². The van der Waals surface area contributed by atoms with E-state index >= 15 is 0 Å². The van der Waals surface area contributed by atoms with Crippen molar-refractivity contribution in [2.24, 2.45) is 0 Å². The van der Waals surface area contributed by atoms with E-state index in [2.05, 4.69) is 45.3 Å². The average Bonchev–Trinajstić information content (AvgIpc) is 3.34. The minimum Gasteiger partial charge on any atom is -0.302 e. The maximum atomic E-state index is 4.42. The Hall–Kier alpha value is -3.24. The van der Waals surface area contributed by atoms with E-state index in [1.807, 2.05) is 79.0 Å². The zero-order chi connectivity index (χ0) is 21.8. The molecule has 6 rings (SSSR count). The number of benzene rings is 3. The molecule has 5 heteroatoms. The van der Waals surface area contributed by atoms with Gasteiger partial charge >= 0.3 is 0 Å². The van der Waals surface area contributed by atoms with Gasteiger partial charge in [-0.2, -0.15) is 11.3 Å². The van der Waals surface area contributed by atoms with Gasteiger partial charge in [-0.05, 0) is 30.1 Å². The normalized spacial score (nSPS) is 10.3. The number of nitrogens with zero attached hydrogens (tertiary/aromatic N) is 3. The van der Waals surface area contributed by atoms with E-state index in [0.29, 0.717) is 0 Å². The van der Waals surface area contributed by atoms with E-state index in [4.69, 9.17) is 0 Å². The summed E-state index contributed by atoms with van der Waals surface area (Å²) in [6, 6.07) is 34.8. The Kier molecular flexibility index (Phi) is 7.36. The molecule has 0 aliphatic carbocycles. The molecule has 6 aromatic rings. The molecule has 3 nitrogen and oxygen atoms in total. The van der Waals surface area contributed by atoms with Crippen molar-refractivity contribution in [1.82, 2.24) is 15.0 Å². The molecule has 0 saturated heterocycles. The molecule has 0 spiro atoms. The minimum atomic E-state index is 0. The Morgan fingerprint density at radius 2 is 1.64 bits per heavy atom. The van der Waals surface area contributed by atoms with Crippen molar-refractivity contribution in [3.63, 3.8) is 0 Å². The van der Waals surface area contributed by atoms with Gasteiger partial charge in [0.25, 0.3) is 0 Å². The van der Waals surface area contributed by atoms with Gasteiger partial charge in [-0.1, -0.05) is 41.8 Å². The summed E-state index contributed by atoms with van der Waals surface area (Å²) in [5, 5.41) is 4.45. The van der Waals surface area contributed by atoms with Gasteiger partial charge in [0.05, 0.1) is 5.52 Å². The third kappa shape index (κ3) is 5.23. The molecular weight excluding hydrogens is 603 g/mol. The van der Waals surface area contributed by atoms with Crippen LogP contribution in [0.1, 0.15) is 5.69 Å². The predicted molar refractivity (Wildman–Crippen MR) is 132 cm³/mol. The first-order valence-corrected chi connectivity index (χ1v) is 11.2. The summed E-state index contributed by atoms with van der Waals surface area (Å²) in [5.41, 5.74) is 6.05. The second-order valence-corrected chi connectivity index (χ2v) is 8.19. The van der Waals surface area contributed by atoms with Crippen LogP contribution in [0.2, 0.25) is 0 Å². The largest absolute Gasteiger partial charge is 0.302 e. The number of hydrogen-bond donors (Lipinski definition) is 0. The van der Waals surface area contributed by atoms with Crippen molar-refractivity contribution >= 4 is 32.3 Å². The Morgan fingerprint density at radius 1 is 0.788 bits per heavy atom. The van der Waals surface area contributed by atoms with Gasteiger partial charge in [0.2, 0.25) is 0 Å². The molecule has 0 amide bonds. The van der Waals surface area contributed by atoms with Crippen molar-refractivity contribution in [3.8, 4) is 22.5 Å². The van der Waals surface area contributed by atoms with Gasteiger partial charge in [-0.15, -0.1) is 65.0 Å². The van der Waals surface area contributed by atoms with Crippen molar-refractivity contribution < 1.29 is 20.1 Å². The molecule has 0 fully saturated rings. The topological polar surface area (TPSA) is 38.7 Å². The monoisotopic (exact) mass is 622 g/mol. The number of thiophene rings is 1. The third-order valence-corrected chi connectivity index (χ3v) is 5.96. The Morgan fingerprint density at radius 3 is 2.45 bits per heavy atom. The summed E-state index contributed by atoms with van der Waals surface area (Å²) in [6.07, 6.45) is 1.62. The maximum Gasteiger partial charge on any atom is 0.106 e. The van der Waals surface area contributed by atoms with Crippen LogP contribution < -0.4 is 0 Å². The fraction of sp³-hybridized carbons (Fsp3) is 0.0357. The van der Waals surface area contributed by atoms with Gasteiger partial charge in [-0.25, -0.2) is 4.98 Å². The Labute approximate surface area is 210 Å². The third-order valence-electron chi connectivity index (χ3n) is 5.05. The van der Waals surface area contributed by atoms with E-state index in [-0.39, 0.29) is 20.1 Å². The van der Waals surface area contributed by atoms with Gasteiger partial charge in [0, 0.05) is 36.2 Å². The summed E-state index contributed by atoms with van der Waals surface area (Å²) < 4.78 is 1.12. The number of rotatable bonds is 2. The first-order chi connectivity index (χ1) is 15.8. The number of fused-ring (bicyclic) bond motifs is 2. The van der Waals surface area contributed by atoms with Crippen LogP contribution in [-0.4, -0.2) is 15.0 Å². The van der Waals surface area contributed by atoms with E-state index < -0.39 is 0 Å². The van der Waals surface area contributed by atoms with Crippen molar-refractivity contribution in [2.45, 2.75) is 6.92 Å². The van der Waals surface area contributed by atoms with Gasteiger partial charge in [0.15, 0.2) is 0 Å². The summed E-state index contributed by atoms with van der Waals surface area (Å²) in [7, 11) is 0. The van der Waals surface area contributed by atoms with Crippen LogP contribution in [0.4, 0.5) is 0 Å². The first-order valence-electron chi connectivity index (χ1n) is 10.3. The predicted octanol–water partition coefficient (Wildman–Crippen LogP) is 7.17. The van der Waals surface area contributed by atoms with Crippen molar-refractivity contribution in [3.05, 3.63) is 114 Å². The number of aromatic nitrogens is 3. The first kappa shape index (κ1) is 22.9. The molecule has 0 bridgehead atoms. The van der Waals surface area contributed by atoms with Crippen LogP contribution in [0.5, 0.6) is 0 Å². The SMILES string of the molecule is Cc1cccc(-c2[c-]cccc2)n1.[Ir].[c-]1cc2ccccc2cc1-c1ncnc2ccsc12. The molecule has 0 saturated carbocycles. The average molecular weight is 622 g/mol. The Bertz CT molecular complexity index is 1500. The van der Waals surface area contributed by atoms with Crippen LogP contribution in [0.3, 0.4) is 0 Å². The van der Waals surface area contributed by atoms with Gasteiger partial charge in [0.1, 0.15) is 6.33 Å². The van der Waals surface area contributed by atoms with E-state index in [0.717, 1.165) is 38.4 Å². The van der Waals surface area contributed by atoms with E-state index in [1.54, 1.807) is 17.7 Å². The summed E-state index contributed by atoms with van der Waals surface area (Å²) in [6.45, 7) is 1.99. The molecule has 3 aromatic heterocycles. The second kappa shape index (κ2) is 10.6. The zero-order valence-corrected chi connectivity index (χ0v) is 21.0. The molecular formula is C28H19IrN3S-2. The van der Waals surface area contributed by atoms with Crippen LogP contribution >= 0.6 is 11.3 Å². The molecule has 0 unspecified atom stereocenters. The summed E-state index contributed by atoms with van der Waals surface area (Å²) >= 11 is 1.67. The minimum absolute atomic E-state index is 0. The smallest absolute Gasteiger partial charge is 0.106 e. The number of hydrogen-bond acceptors (Lipinski definition) is 4. The van der Waals surface area contributed by atoms with E-state index in [9.17, 15) is 0 Å². The summed E-state index contributed by atoms with van der Waals surface area (Å²) in [5.74, 6) is 0. The van der Waals surface area contributed by atoms with E-state index in [1.165, 1.54) is 10.8 Å². The van der Waals surface area contributed by atoms with Crippen molar-refractivity contribution in [1.29, 1.82) is 0 Å².